The summed E-state index contributed by atoms with van der Waals surface area (Å²) in [6.45, 7) is 11.6. The Kier molecular flexibility index (Phi) is 5.25. The number of rotatable bonds is 4. The van der Waals surface area contributed by atoms with E-state index in [1.807, 2.05) is 0 Å². The van der Waals surface area contributed by atoms with Gasteiger partial charge in [0.1, 0.15) is 5.82 Å². The van der Waals surface area contributed by atoms with E-state index in [1.54, 1.807) is 0 Å². The molecule has 0 unspecified atom stereocenters. The number of hydrogen-bond acceptors (Lipinski definition) is 3. The molecule has 1 aromatic rings. The van der Waals surface area contributed by atoms with Crippen LogP contribution >= 0.6 is 0 Å². The second-order valence-corrected chi connectivity index (χ2v) is 7.96. The van der Waals surface area contributed by atoms with E-state index in [0.29, 0.717) is 0 Å². The van der Waals surface area contributed by atoms with E-state index >= 15 is 0 Å². The molecule has 0 aromatic carbocycles. The zero-order valence-electron chi connectivity index (χ0n) is 15.2. The molecule has 1 aliphatic carbocycles. The monoisotopic (exact) mass is 315 g/mol. The quantitative estimate of drug-likeness (QED) is 0.829. The smallest absolute Gasteiger partial charge is 0.128 e. The first-order valence-corrected chi connectivity index (χ1v) is 9.56. The number of anilines is 1. The summed E-state index contributed by atoms with van der Waals surface area (Å²) in [5.41, 5.74) is 1.58. The molecule has 23 heavy (non-hydrogen) atoms. The molecule has 3 rings (SSSR count). The molecule has 3 heteroatoms. The lowest BCUT2D eigenvalue weighted by Gasteiger charge is -2.28. The largest absolute Gasteiger partial charge is 0.355 e. The standard InChI is InChI=1S/C20H33N3/c1-4-20(2,3)17-10-11-19(21-16-17)23-13-7-12-22(14-15-23)18-8-5-6-9-18/h10-11,16,18H,4-9,12-15H2,1-3H3. The van der Waals surface area contributed by atoms with E-state index < -0.39 is 0 Å². The van der Waals surface area contributed by atoms with Gasteiger partial charge in [-0.15, -0.1) is 0 Å². The number of nitrogens with zero attached hydrogens (tertiary/aromatic N) is 3. The third-order valence-corrected chi connectivity index (χ3v) is 6.11. The maximum absolute atomic E-state index is 4.79. The summed E-state index contributed by atoms with van der Waals surface area (Å²) in [5, 5.41) is 0. The summed E-state index contributed by atoms with van der Waals surface area (Å²) in [4.78, 5) is 10.0. The van der Waals surface area contributed by atoms with Crippen molar-refractivity contribution in [3.05, 3.63) is 23.9 Å². The van der Waals surface area contributed by atoms with Gasteiger partial charge in [-0.25, -0.2) is 4.98 Å². The minimum atomic E-state index is 0.226. The third-order valence-electron chi connectivity index (χ3n) is 6.11. The molecule has 2 aliphatic rings. The Bertz CT molecular complexity index is 488. The first-order valence-electron chi connectivity index (χ1n) is 9.56. The molecule has 2 fully saturated rings. The molecule has 1 aromatic heterocycles. The van der Waals surface area contributed by atoms with E-state index in [1.165, 1.54) is 50.8 Å². The van der Waals surface area contributed by atoms with Gasteiger partial charge in [0.2, 0.25) is 0 Å². The number of aromatic nitrogens is 1. The molecule has 0 N–H and O–H groups in total. The van der Waals surface area contributed by atoms with Crippen LogP contribution < -0.4 is 4.90 Å². The number of pyridine rings is 1. The second kappa shape index (κ2) is 7.21. The molecule has 0 spiro atoms. The Balaban J connectivity index is 1.63. The maximum Gasteiger partial charge on any atom is 0.128 e. The fourth-order valence-electron chi connectivity index (χ4n) is 3.98. The van der Waals surface area contributed by atoms with Crippen LogP contribution in [0.5, 0.6) is 0 Å². The Hall–Kier alpha value is -1.09. The summed E-state index contributed by atoms with van der Waals surface area (Å²) in [7, 11) is 0. The normalized spacial score (nSPS) is 21.6. The van der Waals surface area contributed by atoms with Crippen LogP contribution in [0.2, 0.25) is 0 Å². The van der Waals surface area contributed by atoms with Gasteiger partial charge in [-0.3, -0.25) is 4.90 Å². The van der Waals surface area contributed by atoms with Crippen LogP contribution in [0.4, 0.5) is 5.82 Å². The summed E-state index contributed by atoms with van der Waals surface area (Å²) < 4.78 is 0. The van der Waals surface area contributed by atoms with E-state index in [2.05, 4.69) is 48.9 Å². The van der Waals surface area contributed by atoms with Crippen LogP contribution in [0.3, 0.4) is 0 Å². The predicted octanol–water partition coefficient (Wildman–Crippen LogP) is 4.22. The lowest BCUT2D eigenvalue weighted by atomic mass is 9.83. The van der Waals surface area contributed by atoms with Gasteiger partial charge < -0.3 is 4.90 Å². The van der Waals surface area contributed by atoms with Crippen LogP contribution in [0.25, 0.3) is 0 Å². The van der Waals surface area contributed by atoms with Gasteiger partial charge in [0.25, 0.3) is 0 Å². The molecule has 0 amide bonds. The first kappa shape index (κ1) is 16.8. The van der Waals surface area contributed by atoms with Crippen molar-refractivity contribution in [2.75, 3.05) is 31.1 Å². The fourth-order valence-corrected chi connectivity index (χ4v) is 3.98. The topological polar surface area (TPSA) is 19.4 Å². The average Bonchev–Trinajstić information content (AvgIpc) is 3.00. The summed E-state index contributed by atoms with van der Waals surface area (Å²) >= 11 is 0. The van der Waals surface area contributed by atoms with Crippen LogP contribution in [-0.2, 0) is 5.41 Å². The Morgan fingerprint density at radius 2 is 1.83 bits per heavy atom. The summed E-state index contributed by atoms with van der Waals surface area (Å²) in [6, 6.07) is 5.37. The molecule has 0 radical (unpaired) electrons. The van der Waals surface area contributed by atoms with Gasteiger partial charge in [-0.05, 0) is 42.7 Å². The van der Waals surface area contributed by atoms with Gasteiger partial charge in [0.05, 0.1) is 0 Å². The van der Waals surface area contributed by atoms with Crippen LogP contribution in [0, 0.1) is 0 Å². The predicted molar refractivity (Wildman–Crippen MR) is 98.2 cm³/mol. The summed E-state index contributed by atoms with van der Waals surface area (Å²) in [6.07, 6.45) is 10.2. The maximum atomic E-state index is 4.79. The van der Waals surface area contributed by atoms with Crippen molar-refractivity contribution in [1.29, 1.82) is 0 Å². The zero-order valence-corrected chi connectivity index (χ0v) is 15.2. The van der Waals surface area contributed by atoms with Crippen molar-refractivity contribution < 1.29 is 0 Å². The van der Waals surface area contributed by atoms with Crippen molar-refractivity contribution in [1.82, 2.24) is 9.88 Å². The molecular formula is C20H33N3. The van der Waals surface area contributed by atoms with Crippen molar-refractivity contribution in [2.24, 2.45) is 0 Å². The molecule has 1 saturated heterocycles. The highest BCUT2D eigenvalue weighted by atomic mass is 15.3. The minimum absolute atomic E-state index is 0.226. The summed E-state index contributed by atoms with van der Waals surface area (Å²) in [5.74, 6) is 1.16. The molecule has 3 nitrogen and oxygen atoms in total. The highest BCUT2D eigenvalue weighted by Crippen LogP contribution is 2.28. The van der Waals surface area contributed by atoms with E-state index in [9.17, 15) is 0 Å². The Labute approximate surface area is 142 Å². The van der Waals surface area contributed by atoms with Crippen molar-refractivity contribution in [3.8, 4) is 0 Å². The molecule has 2 heterocycles. The highest BCUT2D eigenvalue weighted by Gasteiger charge is 2.25. The van der Waals surface area contributed by atoms with E-state index in [0.717, 1.165) is 31.4 Å². The average molecular weight is 316 g/mol. The Morgan fingerprint density at radius 1 is 1.04 bits per heavy atom. The van der Waals surface area contributed by atoms with Gasteiger partial charge >= 0.3 is 0 Å². The minimum Gasteiger partial charge on any atom is -0.355 e. The zero-order chi connectivity index (χ0) is 16.3. The lowest BCUT2D eigenvalue weighted by molar-refractivity contribution is 0.213. The molecular weight excluding hydrogens is 282 g/mol. The fraction of sp³-hybridized carbons (Fsp3) is 0.750. The van der Waals surface area contributed by atoms with Crippen molar-refractivity contribution in [2.45, 2.75) is 70.8 Å². The third kappa shape index (κ3) is 3.88. The molecule has 1 saturated carbocycles. The van der Waals surface area contributed by atoms with Gasteiger partial charge in [0.15, 0.2) is 0 Å². The van der Waals surface area contributed by atoms with Crippen LogP contribution in [0.15, 0.2) is 18.3 Å². The lowest BCUT2D eigenvalue weighted by Crippen LogP contribution is -2.37. The Morgan fingerprint density at radius 3 is 2.48 bits per heavy atom. The highest BCUT2D eigenvalue weighted by molar-refractivity contribution is 5.40. The van der Waals surface area contributed by atoms with E-state index in [-0.39, 0.29) is 5.41 Å². The van der Waals surface area contributed by atoms with E-state index in [4.69, 9.17) is 4.98 Å². The van der Waals surface area contributed by atoms with Gasteiger partial charge in [-0.2, -0.15) is 0 Å². The SMILES string of the molecule is CCC(C)(C)c1ccc(N2CCCN(C3CCCC3)CC2)nc1. The molecule has 0 bridgehead atoms. The number of hydrogen-bond donors (Lipinski definition) is 0. The van der Waals surface area contributed by atoms with Crippen LogP contribution in [0.1, 0.15) is 64.9 Å². The first-order chi connectivity index (χ1) is 11.1. The molecule has 0 atom stereocenters. The second-order valence-electron chi connectivity index (χ2n) is 7.96. The van der Waals surface area contributed by atoms with Crippen molar-refractivity contribution >= 4 is 5.82 Å². The molecule has 128 valence electrons. The molecule has 1 aliphatic heterocycles. The van der Waals surface area contributed by atoms with Crippen molar-refractivity contribution in [3.63, 3.8) is 0 Å². The van der Waals surface area contributed by atoms with Crippen LogP contribution in [-0.4, -0.2) is 42.1 Å². The van der Waals surface area contributed by atoms with Gasteiger partial charge in [-0.1, -0.05) is 39.7 Å². The van der Waals surface area contributed by atoms with Gasteiger partial charge in [0, 0.05) is 38.4 Å².